The van der Waals surface area contributed by atoms with Crippen LogP contribution in [0.3, 0.4) is 0 Å². The Morgan fingerprint density at radius 2 is 0.788 bits per heavy atom. The van der Waals surface area contributed by atoms with Crippen molar-refractivity contribution in [1.82, 2.24) is 9.13 Å². The van der Waals surface area contributed by atoms with Crippen molar-refractivity contribution in [1.29, 1.82) is 0 Å². The zero-order valence-corrected chi connectivity index (χ0v) is 27.9. The second-order valence-corrected chi connectivity index (χ2v) is 13.7. The first-order valence-corrected chi connectivity index (χ1v) is 17.7. The van der Waals surface area contributed by atoms with Gasteiger partial charge in [0.25, 0.3) is 0 Å². The van der Waals surface area contributed by atoms with Crippen LogP contribution in [-0.4, -0.2) is 9.13 Å². The summed E-state index contributed by atoms with van der Waals surface area (Å²) in [5.41, 5.74) is 12.4. The normalized spacial score (nSPS) is 12.2. The van der Waals surface area contributed by atoms with Crippen LogP contribution >= 0.6 is 0 Å². The van der Waals surface area contributed by atoms with Gasteiger partial charge in [0.05, 0.1) is 22.1 Å². The van der Waals surface area contributed by atoms with Crippen molar-refractivity contribution in [3.05, 3.63) is 170 Å². The topological polar surface area (TPSA) is 36.1 Å². The number of nitrogens with zero attached hydrogens (tertiary/aromatic N) is 2. The van der Waals surface area contributed by atoms with Gasteiger partial charge in [-0.15, -0.1) is 0 Å². The maximum atomic E-state index is 6.87. The number of rotatable bonds is 3. The molecule has 4 aromatic heterocycles. The fourth-order valence-electron chi connectivity index (χ4n) is 8.70. The molecule has 0 aliphatic carbocycles. The van der Waals surface area contributed by atoms with E-state index < -0.39 is 0 Å². The zero-order chi connectivity index (χ0) is 33.9. The smallest absolute Gasteiger partial charge is 0.144 e. The van der Waals surface area contributed by atoms with E-state index in [0.717, 1.165) is 66.4 Å². The summed E-state index contributed by atoms with van der Waals surface area (Å²) in [5.74, 6) is 0. The SMILES string of the molecule is c1ccc(-c2c3oc4ccc(-n5c6ccccc6c6ccccc65)cc4c3cc3oc4ccc(-n5c6ccccc6c6ccccc65)cc4c23)cc1. The molecule has 0 atom stereocenters. The highest BCUT2D eigenvalue weighted by atomic mass is 16.3. The highest BCUT2D eigenvalue weighted by Crippen LogP contribution is 2.46. The summed E-state index contributed by atoms with van der Waals surface area (Å²) in [6, 6.07) is 60.4. The fraction of sp³-hybridized carbons (Fsp3) is 0. The Bertz CT molecular complexity index is 3300. The lowest BCUT2D eigenvalue weighted by atomic mass is 9.96. The molecule has 0 saturated heterocycles. The van der Waals surface area contributed by atoms with Crippen LogP contribution in [0.15, 0.2) is 179 Å². The zero-order valence-electron chi connectivity index (χ0n) is 27.9. The first-order valence-electron chi connectivity index (χ1n) is 17.7. The van der Waals surface area contributed by atoms with Crippen molar-refractivity contribution < 1.29 is 8.83 Å². The third-order valence-corrected chi connectivity index (χ3v) is 10.9. The molecule has 12 aromatic rings. The number of benzene rings is 8. The van der Waals surface area contributed by atoms with E-state index in [9.17, 15) is 0 Å². The van der Waals surface area contributed by atoms with Gasteiger partial charge in [0, 0.05) is 60.0 Å². The van der Waals surface area contributed by atoms with Gasteiger partial charge in [-0.1, -0.05) is 103 Å². The molecule has 8 aromatic carbocycles. The van der Waals surface area contributed by atoms with Crippen LogP contribution in [0.5, 0.6) is 0 Å². The number of fused-ring (bicyclic) bond motifs is 12. The first kappa shape index (κ1) is 27.7. The molecule has 0 unspecified atom stereocenters. The van der Waals surface area contributed by atoms with Crippen LogP contribution in [0.1, 0.15) is 0 Å². The Hall–Kier alpha value is -7.04. The fourth-order valence-corrected chi connectivity index (χ4v) is 8.70. The van der Waals surface area contributed by atoms with Crippen molar-refractivity contribution in [3.63, 3.8) is 0 Å². The average molecular weight is 665 g/mol. The second-order valence-electron chi connectivity index (χ2n) is 13.7. The molecule has 0 radical (unpaired) electrons. The summed E-state index contributed by atoms with van der Waals surface area (Å²) >= 11 is 0. The van der Waals surface area contributed by atoms with E-state index in [1.807, 2.05) is 0 Å². The largest absolute Gasteiger partial charge is 0.456 e. The van der Waals surface area contributed by atoms with E-state index in [0.29, 0.717) is 0 Å². The lowest BCUT2D eigenvalue weighted by Crippen LogP contribution is -1.93. The molecule has 0 bridgehead atoms. The summed E-state index contributed by atoms with van der Waals surface area (Å²) in [5, 5.41) is 9.16. The number of para-hydroxylation sites is 4. The highest BCUT2D eigenvalue weighted by Gasteiger charge is 2.23. The predicted molar refractivity (Wildman–Crippen MR) is 215 cm³/mol. The molecule has 4 heteroatoms. The van der Waals surface area contributed by atoms with Gasteiger partial charge in [-0.25, -0.2) is 0 Å². The summed E-state index contributed by atoms with van der Waals surface area (Å²) < 4.78 is 18.3. The number of hydrogen-bond donors (Lipinski definition) is 0. The van der Waals surface area contributed by atoms with E-state index in [1.54, 1.807) is 0 Å². The van der Waals surface area contributed by atoms with Gasteiger partial charge in [0.15, 0.2) is 0 Å². The minimum absolute atomic E-state index is 0.839. The van der Waals surface area contributed by atoms with E-state index in [4.69, 9.17) is 8.83 Å². The molecular formula is C48H28N2O2. The number of aromatic nitrogens is 2. The second kappa shape index (κ2) is 10.3. The Balaban J connectivity index is 1.16. The molecule has 4 nitrogen and oxygen atoms in total. The van der Waals surface area contributed by atoms with E-state index in [1.165, 1.54) is 43.6 Å². The van der Waals surface area contributed by atoms with Crippen molar-refractivity contribution in [2.24, 2.45) is 0 Å². The van der Waals surface area contributed by atoms with Crippen LogP contribution in [0, 0.1) is 0 Å². The van der Waals surface area contributed by atoms with Crippen molar-refractivity contribution in [2.45, 2.75) is 0 Å². The van der Waals surface area contributed by atoms with Crippen molar-refractivity contribution in [2.75, 3.05) is 0 Å². The third-order valence-electron chi connectivity index (χ3n) is 10.9. The molecule has 4 heterocycles. The van der Waals surface area contributed by atoms with Crippen LogP contribution in [0.2, 0.25) is 0 Å². The van der Waals surface area contributed by atoms with E-state index >= 15 is 0 Å². The molecule has 0 N–H and O–H groups in total. The van der Waals surface area contributed by atoms with Crippen LogP contribution < -0.4 is 0 Å². The molecule has 0 amide bonds. The lowest BCUT2D eigenvalue weighted by Gasteiger charge is -2.09. The van der Waals surface area contributed by atoms with Crippen molar-refractivity contribution in [3.8, 4) is 22.5 Å². The van der Waals surface area contributed by atoms with Gasteiger partial charge < -0.3 is 18.0 Å². The third kappa shape index (κ3) is 3.70. The van der Waals surface area contributed by atoms with E-state index in [2.05, 4.69) is 179 Å². The molecule has 52 heavy (non-hydrogen) atoms. The molecule has 0 aliphatic heterocycles. The number of hydrogen-bond acceptors (Lipinski definition) is 2. The molecule has 242 valence electrons. The molecule has 0 aliphatic rings. The molecule has 0 saturated carbocycles. The summed E-state index contributed by atoms with van der Waals surface area (Å²) in [4.78, 5) is 0. The minimum Gasteiger partial charge on any atom is -0.456 e. The Morgan fingerprint density at radius 1 is 0.327 bits per heavy atom. The Labute approximate surface area is 296 Å². The average Bonchev–Trinajstić information content (AvgIpc) is 3.94. The lowest BCUT2D eigenvalue weighted by molar-refractivity contribution is 0.664. The van der Waals surface area contributed by atoms with Crippen LogP contribution in [-0.2, 0) is 0 Å². The summed E-state index contributed by atoms with van der Waals surface area (Å²) in [6.45, 7) is 0. The molecule has 0 spiro atoms. The monoisotopic (exact) mass is 664 g/mol. The van der Waals surface area contributed by atoms with Gasteiger partial charge in [-0.2, -0.15) is 0 Å². The van der Waals surface area contributed by atoms with Crippen LogP contribution in [0.25, 0.3) is 110 Å². The molecule has 0 fully saturated rings. The van der Waals surface area contributed by atoms with E-state index in [-0.39, 0.29) is 0 Å². The number of furan rings is 2. The summed E-state index contributed by atoms with van der Waals surface area (Å²) in [7, 11) is 0. The van der Waals surface area contributed by atoms with Gasteiger partial charge >= 0.3 is 0 Å². The summed E-state index contributed by atoms with van der Waals surface area (Å²) in [6.07, 6.45) is 0. The molecule has 12 rings (SSSR count). The van der Waals surface area contributed by atoms with Gasteiger partial charge in [0.2, 0.25) is 0 Å². The van der Waals surface area contributed by atoms with Gasteiger partial charge in [-0.3, -0.25) is 0 Å². The van der Waals surface area contributed by atoms with Crippen molar-refractivity contribution >= 4 is 87.5 Å². The Morgan fingerprint density at radius 3 is 1.33 bits per heavy atom. The first-order chi connectivity index (χ1) is 25.8. The quantitative estimate of drug-likeness (QED) is 0.188. The maximum absolute atomic E-state index is 6.87. The predicted octanol–water partition coefficient (Wildman–Crippen LogP) is 13.3. The molecular weight excluding hydrogens is 637 g/mol. The maximum Gasteiger partial charge on any atom is 0.144 e. The van der Waals surface area contributed by atoms with Gasteiger partial charge in [0.1, 0.15) is 22.3 Å². The van der Waals surface area contributed by atoms with Crippen LogP contribution in [0.4, 0.5) is 0 Å². The standard InChI is InChI=1S/C48H28N2O2/c1-2-12-29(13-3-1)46-47-38-27-31(50-41-20-10-6-16-34(41)35-17-7-11-21-42(35)50)23-25-44(38)51-45(47)28-37-36-26-30(22-24-43(36)52-48(37)46)49-39-18-8-4-14-32(39)33-15-5-9-19-40(33)49/h1-28H. The minimum atomic E-state index is 0.839. The highest BCUT2D eigenvalue weighted by molar-refractivity contribution is 6.24. The Kier molecular flexibility index (Phi) is 5.47. The van der Waals surface area contributed by atoms with Gasteiger partial charge in [-0.05, 0) is 72.3 Å².